The molecule has 1 aromatic carbocycles. The zero-order valence-corrected chi connectivity index (χ0v) is 21.3. The number of alkyl carbamates (subject to hydrolysis) is 1. The number of ether oxygens (including phenoxy) is 2. The molecule has 0 radical (unpaired) electrons. The Morgan fingerprint density at radius 2 is 1.89 bits per heavy atom. The van der Waals surface area contributed by atoms with Crippen molar-refractivity contribution >= 4 is 46.0 Å². The molecule has 0 saturated carbocycles. The zero-order valence-electron chi connectivity index (χ0n) is 19.8. The fraction of sp³-hybridized carbons (Fsp3) is 0.391. The second-order valence-corrected chi connectivity index (χ2v) is 9.46. The molecule has 194 valence electrons. The van der Waals surface area contributed by atoms with Crippen LogP contribution < -0.4 is 15.4 Å². The van der Waals surface area contributed by atoms with Crippen LogP contribution in [0.25, 0.3) is 10.9 Å². The molecule has 0 aliphatic carbocycles. The third-order valence-corrected chi connectivity index (χ3v) is 5.08. The van der Waals surface area contributed by atoms with Crippen molar-refractivity contribution in [3.63, 3.8) is 0 Å². The van der Waals surface area contributed by atoms with Crippen LogP contribution in [-0.4, -0.2) is 39.8 Å². The minimum absolute atomic E-state index is 0.0694. The topological polar surface area (TPSA) is 98.3 Å². The number of fused-ring (bicyclic) bond motifs is 1. The lowest BCUT2D eigenvalue weighted by atomic mass is 10.0. The Kier molecular flexibility index (Phi) is 8.35. The largest absolute Gasteiger partial charge is 0.491 e. The normalized spacial score (nSPS) is 12.8. The number of para-hydroxylation sites is 1. The molecule has 2 aromatic heterocycles. The molecule has 0 bridgehead atoms. The predicted molar refractivity (Wildman–Crippen MR) is 131 cm³/mol. The van der Waals surface area contributed by atoms with E-state index in [1.54, 1.807) is 27.7 Å². The summed E-state index contributed by atoms with van der Waals surface area (Å²) >= 11 is 12.0. The number of anilines is 1. The molecule has 0 spiro atoms. The number of carbonyl (C=O) groups is 1. The summed E-state index contributed by atoms with van der Waals surface area (Å²) < 4.78 is 52.1. The monoisotopic (exact) mass is 545 g/mol. The van der Waals surface area contributed by atoms with Crippen LogP contribution in [0.4, 0.5) is 23.8 Å². The molecule has 3 rings (SSSR count). The van der Waals surface area contributed by atoms with Crippen LogP contribution in [0.5, 0.6) is 5.75 Å². The van der Waals surface area contributed by atoms with Crippen LogP contribution in [0.2, 0.25) is 10.4 Å². The number of rotatable bonds is 7. The number of alkyl halides is 3. The van der Waals surface area contributed by atoms with Gasteiger partial charge in [0.2, 0.25) is 5.28 Å². The molecule has 0 fully saturated rings. The van der Waals surface area contributed by atoms with E-state index in [4.69, 9.17) is 32.7 Å². The Hall–Kier alpha value is -3.05. The van der Waals surface area contributed by atoms with Crippen LogP contribution in [0.3, 0.4) is 0 Å². The van der Waals surface area contributed by atoms with E-state index in [2.05, 4.69) is 25.6 Å². The van der Waals surface area contributed by atoms with Gasteiger partial charge in [0.15, 0.2) is 0 Å². The maximum Gasteiger partial charge on any atom is 0.419 e. The molecule has 0 unspecified atom stereocenters. The van der Waals surface area contributed by atoms with Gasteiger partial charge < -0.3 is 20.1 Å². The van der Waals surface area contributed by atoms with Gasteiger partial charge in [-0.05, 0) is 51.4 Å². The van der Waals surface area contributed by atoms with E-state index in [-0.39, 0.29) is 40.7 Å². The van der Waals surface area contributed by atoms with Crippen molar-refractivity contribution in [1.82, 2.24) is 20.3 Å². The quantitative estimate of drug-likeness (QED) is 0.200. The van der Waals surface area contributed by atoms with Gasteiger partial charge in [-0.2, -0.15) is 13.2 Å². The zero-order chi connectivity index (χ0) is 26.7. The summed E-state index contributed by atoms with van der Waals surface area (Å²) in [6.07, 6.45) is -3.96. The van der Waals surface area contributed by atoms with Crippen LogP contribution >= 0.6 is 23.2 Å². The third kappa shape index (κ3) is 7.23. The number of nitrogens with zero attached hydrogens (tertiary/aromatic N) is 3. The van der Waals surface area contributed by atoms with Gasteiger partial charge in [-0.3, -0.25) is 0 Å². The molecule has 1 atom stereocenters. The van der Waals surface area contributed by atoms with Crippen LogP contribution in [0.15, 0.2) is 30.5 Å². The summed E-state index contributed by atoms with van der Waals surface area (Å²) in [5, 5.41) is 6.12. The summed E-state index contributed by atoms with van der Waals surface area (Å²) in [5.74, 6) is -0.114. The first-order valence-electron chi connectivity index (χ1n) is 10.8. The first-order chi connectivity index (χ1) is 16.7. The predicted octanol–water partition coefficient (Wildman–Crippen LogP) is 6.43. The van der Waals surface area contributed by atoms with Crippen LogP contribution in [-0.2, 0) is 10.9 Å². The molecule has 2 N–H and O–H groups in total. The number of benzene rings is 1. The number of carbonyl (C=O) groups excluding carboxylic acids is 1. The van der Waals surface area contributed by atoms with Gasteiger partial charge >= 0.3 is 12.3 Å². The number of hydrogen-bond acceptors (Lipinski definition) is 7. The van der Waals surface area contributed by atoms with Crippen molar-refractivity contribution in [1.29, 1.82) is 0 Å². The van der Waals surface area contributed by atoms with E-state index in [1.807, 2.05) is 0 Å². The molecule has 13 heteroatoms. The van der Waals surface area contributed by atoms with Gasteiger partial charge in [0.25, 0.3) is 0 Å². The highest BCUT2D eigenvalue weighted by atomic mass is 35.5. The lowest BCUT2D eigenvalue weighted by molar-refractivity contribution is -0.139. The number of halogens is 5. The minimum atomic E-state index is -4.67. The van der Waals surface area contributed by atoms with E-state index in [9.17, 15) is 18.0 Å². The third-order valence-electron chi connectivity index (χ3n) is 4.71. The number of aromatic nitrogens is 3. The van der Waals surface area contributed by atoms with Crippen molar-refractivity contribution in [3.8, 4) is 5.75 Å². The Morgan fingerprint density at radius 3 is 2.56 bits per heavy atom. The Morgan fingerprint density at radius 1 is 1.17 bits per heavy atom. The van der Waals surface area contributed by atoms with Gasteiger partial charge in [0.1, 0.15) is 28.9 Å². The van der Waals surface area contributed by atoms with Crippen LogP contribution in [0, 0.1) is 0 Å². The van der Waals surface area contributed by atoms with E-state index >= 15 is 0 Å². The van der Waals surface area contributed by atoms with Crippen molar-refractivity contribution in [2.75, 3.05) is 18.5 Å². The first kappa shape index (κ1) is 27.5. The molecule has 0 saturated heterocycles. The number of amides is 1. The smallest absolute Gasteiger partial charge is 0.419 e. The Balaban J connectivity index is 1.86. The van der Waals surface area contributed by atoms with E-state index in [0.717, 1.165) is 6.07 Å². The summed E-state index contributed by atoms with van der Waals surface area (Å²) in [6.45, 7) is 6.44. The molecule has 2 heterocycles. The van der Waals surface area contributed by atoms with Gasteiger partial charge in [-0.1, -0.05) is 23.7 Å². The highest BCUT2D eigenvalue weighted by Gasteiger charge is 2.36. The van der Waals surface area contributed by atoms with Gasteiger partial charge in [0.05, 0.1) is 29.9 Å². The molecule has 3 aromatic rings. The standard InChI is InChI=1S/C23H24Cl2F3N5O3/c1-12(31-19-14-10-17(24)30-11-16(14)32-20(25)33-19)13-6-5-7-15(23(26,27)28)18(13)35-9-8-29-21(34)36-22(2,3)4/h5-7,10-12H,8-9H2,1-4H3,(H,29,34)(H,31,32,33)/t12-/m1/s1. The lowest BCUT2D eigenvalue weighted by Crippen LogP contribution is -2.34. The van der Waals surface area contributed by atoms with Crippen molar-refractivity contribution < 1.29 is 27.4 Å². The average Bonchev–Trinajstić information content (AvgIpc) is 2.75. The van der Waals surface area contributed by atoms with Gasteiger partial charge in [-0.25, -0.2) is 19.7 Å². The molecule has 0 aliphatic rings. The Bertz CT molecular complexity index is 1250. The minimum Gasteiger partial charge on any atom is -0.491 e. The fourth-order valence-corrected chi connectivity index (χ4v) is 3.61. The SMILES string of the molecule is C[C@@H](Nc1nc(Cl)nc2cnc(Cl)cc12)c1cccc(C(F)(F)F)c1OCCNC(=O)OC(C)(C)C. The van der Waals surface area contributed by atoms with Crippen molar-refractivity contribution in [3.05, 3.63) is 52.0 Å². The summed E-state index contributed by atoms with van der Waals surface area (Å²) in [5.41, 5.74) is -1.05. The second-order valence-electron chi connectivity index (χ2n) is 8.73. The molecular weight excluding hydrogens is 522 g/mol. The summed E-state index contributed by atoms with van der Waals surface area (Å²) in [7, 11) is 0. The first-order valence-corrected chi connectivity index (χ1v) is 11.6. The summed E-state index contributed by atoms with van der Waals surface area (Å²) in [6, 6.07) is 4.53. The van der Waals surface area contributed by atoms with Crippen molar-refractivity contribution in [2.45, 2.75) is 45.5 Å². The van der Waals surface area contributed by atoms with Crippen LogP contribution in [0.1, 0.15) is 44.9 Å². The number of nitrogens with one attached hydrogen (secondary N) is 2. The Labute approximate surface area is 215 Å². The van der Waals surface area contributed by atoms with Gasteiger partial charge in [-0.15, -0.1) is 0 Å². The van der Waals surface area contributed by atoms with Crippen molar-refractivity contribution in [2.24, 2.45) is 0 Å². The van der Waals surface area contributed by atoms with Gasteiger partial charge in [0, 0.05) is 10.9 Å². The summed E-state index contributed by atoms with van der Waals surface area (Å²) in [4.78, 5) is 24.0. The molecule has 0 aliphatic heterocycles. The molecule has 36 heavy (non-hydrogen) atoms. The number of pyridine rings is 1. The molecule has 1 amide bonds. The average molecular weight is 546 g/mol. The van der Waals surface area contributed by atoms with E-state index < -0.39 is 29.5 Å². The van der Waals surface area contributed by atoms with E-state index in [1.165, 1.54) is 24.4 Å². The maximum absolute atomic E-state index is 13.8. The molecule has 8 nitrogen and oxygen atoms in total. The molecular formula is C23H24Cl2F3N5O3. The number of hydrogen-bond donors (Lipinski definition) is 2. The highest BCUT2D eigenvalue weighted by Crippen LogP contribution is 2.41. The fourth-order valence-electron chi connectivity index (χ4n) is 3.27. The second kappa shape index (κ2) is 10.9. The highest BCUT2D eigenvalue weighted by molar-refractivity contribution is 6.30. The van der Waals surface area contributed by atoms with E-state index in [0.29, 0.717) is 10.9 Å². The maximum atomic E-state index is 13.8. The lowest BCUT2D eigenvalue weighted by Gasteiger charge is -2.23.